The smallest absolute Gasteiger partial charge is 0.279 e. The second kappa shape index (κ2) is 6.69. The lowest BCUT2D eigenvalue weighted by atomic mass is 10.2. The van der Waals surface area contributed by atoms with Gasteiger partial charge in [-0.1, -0.05) is 18.2 Å². The van der Waals surface area contributed by atoms with Crippen LogP contribution in [0.15, 0.2) is 24.3 Å². The molecule has 0 aliphatic heterocycles. The molecule has 0 fully saturated rings. The van der Waals surface area contributed by atoms with Crippen LogP contribution in [0, 0.1) is 0 Å². The highest BCUT2D eigenvalue weighted by molar-refractivity contribution is 7.87. The molecule has 0 saturated heterocycles. The number of nitrogens with zero attached hydrogens (tertiary/aromatic N) is 1. The Kier molecular flexibility index (Phi) is 5.54. The molecule has 0 heterocycles. The van der Waals surface area contributed by atoms with E-state index < -0.39 is 10.2 Å². The molecule has 0 aromatic heterocycles. The molecule has 3 N–H and O–H groups in total. The van der Waals surface area contributed by atoms with Gasteiger partial charge in [0.05, 0.1) is 6.61 Å². The van der Waals surface area contributed by atoms with E-state index in [0.717, 1.165) is 5.56 Å². The minimum absolute atomic E-state index is 0.231. The molecule has 0 aliphatic rings. The third-order valence-electron chi connectivity index (χ3n) is 2.45. The second-order valence-corrected chi connectivity index (χ2v) is 5.71. The van der Waals surface area contributed by atoms with Crippen molar-refractivity contribution in [3.05, 3.63) is 29.8 Å². The van der Waals surface area contributed by atoms with Crippen LogP contribution in [0.25, 0.3) is 0 Å². The number of nitrogen functional groups attached to an aromatic ring is 1. The Bertz CT molecular complexity index is 476. The van der Waals surface area contributed by atoms with Crippen molar-refractivity contribution >= 4 is 15.9 Å². The SMILES string of the molecule is COCCNS(=O)(=O)N(C)Cc1ccccc1N. The van der Waals surface area contributed by atoms with E-state index >= 15 is 0 Å². The van der Waals surface area contributed by atoms with Crippen LogP contribution in [0.5, 0.6) is 0 Å². The van der Waals surface area contributed by atoms with Crippen molar-refractivity contribution < 1.29 is 13.2 Å². The number of hydrogen-bond donors (Lipinski definition) is 2. The molecule has 0 atom stereocenters. The molecule has 0 amide bonds. The van der Waals surface area contributed by atoms with Gasteiger partial charge in [-0.05, 0) is 11.6 Å². The Labute approximate surface area is 108 Å². The van der Waals surface area contributed by atoms with Crippen LogP contribution in [0.1, 0.15) is 5.56 Å². The van der Waals surface area contributed by atoms with Gasteiger partial charge in [-0.3, -0.25) is 0 Å². The van der Waals surface area contributed by atoms with Crippen LogP contribution in [0.4, 0.5) is 5.69 Å². The summed E-state index contributed by atoms with van der Waals surface area (Å²) in [5.74, 6) is 0. The van der Waals surface area contributed by atoms with Crippen molar-refractivity contribution in [2.45, 2.75) is 6.54 Å². The Balaban J connectivity index is 2.64. The zero-order valence-electron chi connectivity index (χ0n) is 10.6. The number of rotatable bonds is 7. The monoisotopic (exact) mass is 273 g/mol. The summed E-state index contributed by atoms with van der Waals surface area (Å²) in [4.78, 5) is 0. The molecule has 0 bridgehead atoms. The van der Waals surface area contributed by atoms with Crippen LogP contribution >= 0.6 is 0 Å². The van der Waals surface area contributed by atoms with E-state index in [1.807, 2.05) is 12.1 Å². The molecule has 1 aromatic carbocycles. The highest BCUT2D eigenvalue weighted by Crippen LogP contribution is 2.13. The predicted molar refractivity (Wildman–Crippen MR) is 71.1 cm³/mol. The molecule has 1 aromatic rings. The predicted octanol–water partition coefficient (Wildman–Crippen LogP) is 0.181. The van der Waals surface area contributed by atoms with E-state index in [0.29, 0.717) is 12.3 Å². The maximum atomic E-state index is 11.8. The first-order valence-corrected chi connectivity index (χ1v) is 6.94. The normalized spacial score (nSPS) is 11.9. The van der Waals surface area contributed by atoms with Crippen molar-refractivity contribution in [3.63, 3.8) is 0 Å². The second-order valence-electron chi connectivity index (χ2n) is 3.85. The maximum absolute atomic E-state index is 11.8. The number of anilines is 1. The number of nitrogens with one attached hydrogen (secondary N) is 1. The first kappa shape index (κ1) is 14.9. The molecule has 0 unspecified atom stereocenters. The van der Waals surface area contributed by atoms with Crippen molar-refractivity contribution in [1.82, 2.24) is 9.03 Å². The summed E-state index contributed by atoms with van der Waals surface area (Å²) < 4.78 is 32.1. The summed E-state index contributed by atoms with van der Waals surface area (Å²) in [7, 11) is -0.482. The van der Waals surface area contributed by atoms with Gasteiger partial charge in [-0.25, -0.2) is 0 Å². The van der Waals surface area contributed by atoms with Crippen LogP contribution < -0.4 is 10.5 Å². The highest BCUT2D eigenvalue weighted by Gasteiger charge is 2.17. The fourth-order valence-electron chi connectivity index (χ4n) is 1.39. The number of benzene rings is 1. The minimum atomic E-state index is -3.50. The topological polar surface area (TPSA) is 84.7 Å². The molecule has 6 nitrogen and oxygen atoms in total. The lowest BCUT2D eigenvalue weighted by Crippen LogP contribution is -2.39. The number of nitrogens with two attached hydrogens (primary N) is 1. The third kappa shape index (κ3) is 4.26. The van der Waals surface area contributed by atoms with Crippen LogP contribution in [-0.4, -0.2) is 40.0 Å². The largest absolute Gasteiger partial charge is 0.398 e. The minimum Gasteiger partial charge on any atom is -0.398 e. The summed E-state index contributed by atoms with van der Waals surface area (Å²) in [6.07, 6.45) is 0. The van der Waals surface area contributed by atoms with Crippen molar-refractivity contribution in [3.8, 4) is 0 Å². The zero-order valence-corrected chi connectivity index (χ0v) is 11.4. The fraction of sp³-hybridized carbons (Fsp3) is 0.455. The molecule has 7 heteroatoms. The van der Waals surface area contributed by atoms with Crippen LogP contribution in [0.2, 0.25) is 0 Å². The summed E-state index contributed by atoms with van der Waals surface area (Å²) in [5.41, 5.74) is 7.13. The Morgan fingerprint density at radius 2 is 2.06 bits per heavy atom. The number of ether oxygens (including phenoxy) is 1. The van der Waals surface area contributed by atoms with Gasteiger partial charge in [-0.2, -0.15) is 17.4 Å². The van der Waals surface area contributed by atoms with E-state index in [4.69, 9.17) is 10.5 Å². The first-order valence-electron chi connectivity index (χ1n) is 5.50. The van der Waals surface area contributed by atoms with Gasteiger partial charge in [0, 0.05) is 32.9 Å². The molecule has 0 spiro atoms. The third-order valence-corrected chi connectivity index (χ3v) is 3.97. The van der Waals surface area contributed by atoms with E-state index in [1.54, 1.807) is 12.1 Å². The molecular weight excluding hydrogens is 254 g/mol. The van der Waals surface area contributed by atoms with E-state index in [-0.39, 0.29) is 13.1 Å². The summed E-state index contributed by atoms with van der Waals surface area (Å²) in [6.45, 7) is 0.809. The van der Waals surface area contributed by atoms with E-state index in [2.05, 4.69) is 4.72 Å². The van der Waals surface area contributed by atoms with Gasteiger partial charge in [0.1, 0.15) is 0 Å². The van der Waals surface area contributed by atoms with Gasteiger partial charge in [0.15, 0.2) is 0 Å². The lowest BCUT2D eigenvalue weighted by Gasteiger charge is -2.18. The lowest BCUT2D eigenvalue weighted by molar-refractivity contribution is 0.204. The molecule has 1 rings (SSSR count). The Morgan fingerprint density at radius 3 is 2.67 bits per heavy atom. The summed E-state index contributed by atoms with van der Waals surface area (Å²) >= 11 is 0. The van der Waals surface area contributed by atoms with Gasteiger partial charge < -0.3 is 10.5 Å². The molecule has 0 saturated carbocycles. The first-order chi connectivity index (χ1) is 8.47. The average Bonchev–Trinajstić information content (AvgIpc) is 2.32. The summed E-state index contributed by atoms with van der Waals surface area (Å²) in [5, 5.41) is 0. The highest BCUT2D eigenvalue weighted by atomic mass is 32.2. The van der Waals surface area contributed by atoms with Gasteiger partial charge >= 0.3 is 0 Å². The number of para-hydroxylation sites is 1. The molecular formula is C11H19N3O3S. The Hall–Kier alpha value is -1.15. The van der Waals surface area contributed by atoms with Crippen LogP contribution in [0.3, 0.4) is 0 Å². The van der Waals surface area contributed by atoms with Crippen molar-refractivity contribution in [2.75, 3.05) is 33.0 Å². The quantitative estimate of drug-likeness (QED) is 0.548. The number of hydrogen-bond acceptors (Lipinski definition) is 4. The van der Waals surface area contributed by atoms with E-state index in [9.17, 15) is 8.42 Å². The number of methoxy groups -OCH3 is 1. The van der Waals surface area contributed by atoms with E-state index in [1.165, 1.54) is 18.5 Å². The average molecular weight is 273 g/mol. The van der Waals surface area contributed by atoms with Gasteiger partial charge in [-0.15, -0.1) is 0 Å². The van der Waals surface area contributed by atoms with Gasteiger partial charge in [0.25, 0.3) is 10.2 Å². The van der Waals surface area contributed by atoms with Gasteiger partial charge in [0.2, 0.25) is 0 Å². The Morgan fingerprint density at radius 1 is 1.39 bits per heavy atom. The van der Waals surface area contributed by atoms with Crippen molar-refractivity contribution in [2.24, 2.45) is 0 Å². The van der Waals surface area contributed by atoms with Crippen molar-refractivity contribution in [1.29, 1.82) is 0 Å². The molecule has 18 heavy (non-hydrogen) atoms. The zero-order chi connectivity index (χ0) is 13.6. The standard InChI is InChI=1S/C11H19N3O3S/c1-14(18(15,16)13-7-8-17-2)9-10-5-3-4-6-11(10)12/h3-6,13H,7-9,12H2,1-2H3. The van der Waals surface area contributed by atoms with Crippen LogP contribution in [-0.2, 0) is 21.5 Å². The fourth-order valence-corrected chi connectivity index (χ4v) is 2.26. The molecule has 0 radical (unpaired) electrons. The molecule has 102 valence electrons. The molecule has 0 aliphatic carbocycles. The maximum Gasteiger partial charge on any atom is 0.279 e. The summed E-state index contributed by atoms with van der Waals surface area (Å²) in [6, 6.07) is 7.18.